The summed E-state index contributed by atoms with van der Waals surface area (Å²) in [6, 6.07) is 0. The van der Waals surface area contributed by atoms with Gasteiger partial charge >= 0.3 is 12.1 Å². The van der Waals surface area contributed by atoms with Crippen LogP contribution in [0.25, 0.3) is 0 Å². The van der Waals surface area contributed by atoms with Crippen molar-refractivity contribution < 1.29 is 26.9 Å². The van der Waals surface area contributed by atoms with E-state index in [9.17, 15) is 32.1 Å². The Morgan fingerprint density at radius 2 is 1.94 bits per heavy atom. The van der Waals surface area contributed by atoms with Crippen LogP contribution in [-0.2, 0) is 0 Å². The summed E-state index contributed by atoms with van der Waals surface area (Å²) >= 11 is 0.960. The molecule has 4 nitrogen and oxygen atoms in total. The molecule has 1 N–H and O–H groups in total. The fourth-order valence-corrected chi connectivity index (χ4v) is 1.37. The van der Waals surface area contributed by atoms with Crippen LogP contribution in [0.5, 0.6) is 0 Å². The van der Waals surface area contributed by atoms with Crippen LogP contribution < -0.4 is 5.32 Å². The highest BCUT2D eigenvalue weighted by molar-refractivity contribution is 8.02. The summed E-state index contributed by atoms with van der Waals surface area (Å²) in [5, 5.41) is 12.6. The first-order chi connectivity index (χ1) is 8.10. The molecule has 0 radical (unpaired) electrons. The SMILES string of the molecule is CS/C(=C\[N+](=O)[O-])NCCCC(F)(F)C(F)(F)F. The normalized spacial score (nSPS) is 13.6. The van der Waals surface area contributed by atoms with Gasteiger partial charge in [0, 0.05) is 13.0 Å². The Bertz CT molecular complexity index is 319. The Labute approximate surface area is 104 Å². The minimum absolute atomic E-state index is 0.0929. The first-order valence-corrected chi connectivity index (χ1v) is 5.90. The molecule has 0 saturated carbocycles. The van der Waals surface area contributed by atoms with Crippen molar-refractivity contribution in [3.05, 3.63) is 21.3 Å². The van der Waals surface area contributed by atoms with E-state index >= 15 is 0 Å². The van der Waals surface area contributed by atoms with Gasteiger partial charge in [-0.2, -0.15) is 22.0 Å². The molecule has 10 heteroatoms. The maximum absolute atomic E-state index is 12.5. The molecule has 0 amide bonds. The van der Waals surface area contributed by atoms with Crippen molar-refractivity contribution in [2.75, 3.05) is 12.8 Å². The van der Waals surface area contributed by atoms with Gasteiger partial charge in [-0.15, -0.1) is 11.8 Å². The summed E-state index contributed by atoms with van der Waals surface area (Å²) < 4.78 is 60.3. The molecule has 0 unspecified atom stereocenters. The average Bonchev–Trinajstić information content (AvgIpc) is 2.20. The minimum Gasteiger partial charge on any atom is -0.375 e. The Kier molecular flexibility index (Phi) is 6.36. The monoisotopic (exact) mass is 294 g/mol. The molecule has 0 aliphatic carbocycles. The molecule has 0 spiro atoms. The lowest BCUT2D eigenvalue weighted by Crippen LogP contribution is -2.36. The van der Waals surface area contributed by atoms with Crippen molar-refractivity contribution in [1.82, 2.24) is 5.32 Å². The van der Waals surface area contributed by atoms with Crippen LogP contribution in [-0.4, -0.2) is 29.8 Å². The van der Waals surface area contributed by atoms with E-state index in [1.807, 2.05) is 0 Å². The number of nitrogens with one attached hydrogen (secondary N) is 1. The number of alkyl halides is 5. The molecule has 18 heavy (non-hydrogen) atoms. The summed E-state index contributed by atoms with van der Waals surface area (Å²) in [6.45, 7) is -0.202. The number of hydrogen-bond donors (Lipinski definition) is 1. The van der Waals surface area contributed by atoms with Crippen LogP contribution in [0.3, 0.4) is 0 Å². The number of rotatable bonds is 7. The third-order valence-electron chi connectivity index (χ3n) is 1.82. The van der Waals surface area contributed by atoms with E-state index in [0.29, 0.717) is 6.20 Å². The molecule has 0 aliphatic rings. The van der Waals surface area contributed by atoms with E-state index < -0.39 is 29.9 Å². The van der Waals surface area contributed by atoms with E-state index in [-0.39, 0.29) is 11.6 Å². The second-order valence-electron chi connectivity index (χ2n) is 3.22. The maximum atomic E-state index is 12.5. The molecule has 0 aromatic rings. The molecule has 0 aromatic heterocycles. The van der Waals surface area contributed by atoms with Crippen LogP contribution in [0.15, 0.2) is 11.2 Å². The zero-order valence-electron chi connectivity index (χ0n) is 9.26. The first-order valence-electron chi connectivity index (χ1n) is 4.68. The van der Waals surface area contributed by atoms with Crippen molar-refractivity contribution in [2.45, 2.75) is 24.9 Å². The van der Waals surface area contributed by atoms with Gasteiger partial charge in [0.1, 0.15) is 5.03 Å². The van der Waals surface area contributed by atoms with Gasteiger partial charge in [-0.3, -0.25) is 10.1 Å². The van der Waals surface area contributed by atoms with Crippen LogP contribution in [0, 0.1) is 10.1 Å². The minimum atomic E-state index is -5.56. The van der Waals surface area contributed by atoms with Crippen molar-refractivity contribution in [1.29, 1.82) is 0 Å². The largest absolute Gasteiger partial charge is 0.453 e. The number of hydrogen-bond acceptors (Lipinski definition) is 4. The zero-order chi connectivity index (χ0) is 14.4. The summed E-state index contributed by atoms with van der Waals surface area (Å²) in [5.74, 6) is -4.74. The molecule has 0 rings (SSSR count). The quantitative estimate of drug-likeness (QED) is 0.339. The summed E-state index contributed by atoms with van der Waals surface area (Å²) in [4.78, 5) is 9.35. The predicted octanol–water partition coefficient (Wildman–Crippen LogP) is 2.99. The lowest BCUT2D eigenvalue weighted by molar-refractivity contribution is -0.403. The molecular weight excluding hydrogens is 283 g/mol. The highest BCUT2D eigenvalue weighted by Gasteiger charge is 2.56. The molecule has 0 saturated heterocycles. The Hall–Kier alpha value is -1.06. The molecule has 0 aromatic carbocycles. The molecule has 0 aliphatic heterocycles. The molecule has 0 fully saturated rings. The van der Waals surface area contributed by atoms with Crippen molar-refractivity contribution in [2.24, 2.45) is 0 Å². The second-order valence-corrected chi connectivity index (χ2v) is 4.06. The van der Waals surface area contributed by atoms with Crippen molar-refractivity contribution in [3.8, 4) is 0 Å². The van der Waals surface area contributed by atoms with Gasteiger partial charge in [0.15, 0.2) is 0 Å². The van der Waals surface area contributed by atoms with Crippen LogP contribution in [0.1, 0.15) is 12.8 Å². The highest BCUT2D eigenvalue weighted by Crippen LogP contribution is 2.38. The van der Waals surface area contributed by atoms with Gasteiger partial charge in [-0.25, -0.2) is 0 Å². The lowest BCUT2D eigenvalue weighted by Gasteiger charge is -2.19. The molecular formula is C8H11F5N2O2S. The van der Waals surface area contributed by atoms with Crippen LogP contribution >= 0.6 is 11.8 Å². The standard InChI is InChI=1S/C8H11F5N2O2S/c1-18-6(5-15(16)17)14-4-2-3-7(9,10)8(11,12)13/h5,14H,2-4H2,1H3/b6-5-. The molecule has 0 atom stereocenters. The Balaban J connectivity index is 4.11. The van der Waals surface area contributed by atoms with Gasteiger partial charge in [-0.1, -0.05) is 0 Å². The second kappa shape index (κ2) is 6.76. The highest BCUT2D eigenvalue weighted by atomic mass is 32.2. The van der Waals surface area contributed by atoms with Crippen molar-refractivity contribution in [3.63, 3.8) is 0 Å². The predicted molar refractivity (Wildman–Crippen MR) is 56.8 cm³/mol. The summed E-state index contributed by atoms with van der Waals surface area (Å²) in [7, 11) is 0. The Morgan fingerprint density at radius 1 is 1.39 bits per heavy atom. The summed E-state index contributed by atoms with van der Waals surface area (Å²) in [6.07, 6.45) is -5.25. The van der Waals surface area contributed by atoms with E-state index in [1.54, 1.807) is 0 Å². The smallest absolute Gasteiger partial charge is 0.375 e. The van der Waals surface area contributed by atoms with Gasteiger partial charge in [-0.05, 0) is 12.7 Å². The lowest BCUT2D eigenvalue weighted by atomic mass is 10.2. The topological polar surface area (TPSA) is 55.2 Å². The van der Waals surface area contributed by atoms with Gasteiger partial charge in [0.05, 0.1) is 4.92 Å². The molecule has 106 valence electrons. The van der Waals surface area contributed by atoms with E-state index in [2.05, 4.69) is 5.32 Å². The fourth-order valence-electron chi connectivity index (χ4n) is 0.930. The van der Waals surface area contributed by atoms with E-state index in [0.717, 1.165) is 11.8 Å². The number of nitrogens with zero attached hydrogens (tertiary/aromatic N) is 1. The fraction of sp³-hybridized carbons (Fsp3) is 0.750. The van der Waals surface area contributed by atoms with Crippen molar-refractivity contribution >= 4 is 11.8 Å². The number of nitro groups is 1. The maximum Gasteiger partial charge on any atom is 0.453 e. The summed E-state index contributed by atoms with van der Waals surface area (Å²) in [5.41, 5.74) is 0. The van der Waals surface area contributed by atoms with Gasteiger partial charge in [0.2, 0.25) is 0 Å². The van der Waals surface area contributed by atoms with E-state index in [4.69, 9.17) is 0 Å². The van der Waals surface area contributed by atoms with Crippen LogP contribution in [0.4, 0.5) is 22.0 Å². The average molecular weight is 294 g/mol. The van der Waals surface area contributed by atoms with Gasteiger partial charge < -0.3 is 5.32 Å². The first kappa shape index (κ1) is 16.9. The third kappa shape index (κ3) is 6.03. The number of halogens is 5. The Morgan fingerprint density at radius 3 is 2.33 bits per heavy atom. The number of thioether (sulfide) groups is 1. The van der Waals surface area contributed by atoms with Gasteiger partial charge in [0.25, 0.3) is 6.20 Å². The van der Waals surface area contributed by atoms with Crippen LogP contribution in [0.2, 0.25) is 0 Å². The molecule has 0 bridgehead atoms. The third-order valence-corrected chi connectivity index (χ3v) is 2.51. The molecule has 0 heterocycles. The zero-order valence-corrected chi connectivity index (χ0v) is 10.1. The van der Waals surface area contributed by atoms with E-state index in [1.165, 1.54) is 6.26 Å².